The van der Waals surface area contributed by atoms with E-state index in [1.165, 1.54) is 0 Å². The molecule has 0 aromatic heterocycles. The predicted molar refractivity (Wildman–Crippen MR) is 87.8 cm³/mol. The molecule has 0 bridgehead atoms. The number of nitrogens with one attached hydrogen (secondary N) is 2. The van der Waals surface area contributed by atoms with Crippen LogP contribution in [0, 0.1) is 6.92 Å². The lowest BCUT2D eigenvalue weighted by Gasteiger charge is -2.12. The topological polar surface area (TPSA) is 59.6 Å². The molecule has 2 N–H and O–H groups in total. The van der Waals surface area contributed by atoms with Crippen LogP contribution in [-0.4, -0.2) is 26.7 Å². The van der Waals surface area contributed by atoms with Crippen molar-refractivity contribution in [3.63, 3.8) is 0 Å². The Morgan fingerprint density at radius 3 is 2.27 bits per heavy atom. The van der Waals surface area contributed by atoms with Gasteiger partial charge in [0, 0.05) is 29.6 Å². The molecule has 0 saturated carbocycles. The standard InChI is InChI=1S/C17H20N2O3/c1-12-6-4-5-7-16(12)19-17(20)11-18-13-8-14(21-2)10-15(9-13)22-3/h4-10,18H,11H2,1-3H3,(H,19,20). The molecular weight excluding hydrogens is 280 g/mol. The lowest BCUT2D eigenvalue weighted by Crippen LogP contribution is -2.22. The Morgan fingerprint density at radius 2 is 1.68 bits per heavy atom. The average Bonchev–Trinajstić information content (AvgIpc) is 2.54. The second-order valence-electron chi connectivity index (χ2n) is 4.82. The van der Waals surface area contributed by atoms with Gasteiger partial charge < -0.3 is 20.1 Å². The number of aryl methyl sites for hydroxylation is 1. The van der Waals surface area contributed by atoms with Gasteiger partial charge in [-0.25, -0.2) is 0 Å². The molecule has 0 radical (unpaired) electrons. The van der Waals surface area contributed by atoms with Crippen molar-refractivity contribution < 1.29 is 14.3 Å². The van der Waals surface area contributed by atoms with E-state index in [9.17, 15) is 4.79 Å². The van der Waals surface area contributed by atoms with Gasteiger partial charge in [-0.2, -0.15) is 0 Å². The van der Waals surface area contributed by atoms with Crippen LogP contribution in [0.5, 0.6) is 11.5 Å². The van der Waals surface area contributed by atoms with E-state index in [4.69, 9.17) is 9.47 Å². The molecule has 0 atom stereocenters. The van der Waals surface area contributed by atoms with Crippen LogP contribution in [0.25, 0.3) is 0 Å². The third kappa shape index (κ3) is 4.15. The van der Waals surface area contributed by atoms with E-state index in [1.807, 2.05) is 43.3 Å². The molecule has 5 nitrogen and oxygen atoms in total. The number of ether oxygens (including phenoxy) is 2. The maximum Gasteiger partial charge on any atom is 0.243 e. The van der Waals surface area contributed by atoms with E-state index in [0.29, 0.717) is 11.5 Å². The number of amides is 1. The Bertz CT molecular complexity index is 634. The van der Waals surface area contributed by atoms with Crippen molar-refractivity contribution in [2.24, 2.45) is 0 Å². The maximum atomic E-state index is 12.0. The number of rotatable bonds is 6. The van der Waals surface area contributed by atoms with E-state index in [-0.39, 0.29) is 12.5 Å². The van der Waals surface area contributed by atoms with Gasteiger partial charge in [-0.3, -0.25) is 4.79 Å². The van der Waals surface area contributed by atoms with Crippen molar-refractivity contribution in [3.8, 4) is 11.5 Å². The number of methoxy groups -OCH3 is 2. The largest absolute Gasteiger partial charge is 0.497 e. The molecule has 0 saturated heterocycles. The van der Waals surface area contributed by atoms with Gasteiger partial charge in [0.2, 0.25) is 5.91 Å². The molecular formula is C17H20N2O3. The first-order valence-corrected chi connectivity index (χ1v) is 6.95. The van der Waals surface area contributed by atoms with Crippen molar-refractivity contribution in [1.29, 1.82) is 0 Å². The Labute approximate surface area is 130 Å². The second-order valence-corrected chi connectivity index (χ2v) is 4.82. The Kier molecular flexibility index (Phi) is 5.25. The van der Waals surface area contributed by atoms with Crippen molar-refractivity contribution in [1.82, 2.24) is 0 Å². The first kappa shape index (κ1) is 15.7. The van der Waals surface area contributed by atoms with Crippen LogP contribution in [0.2, 0.25) is 0 Å². The zero-order valence-electron chi connectivity index (χ0n) is 13.0. The molecule has 5 heteroatoms. The number of benzene rings is 2. The van der Waals surface area contributed by atoms with Gasteiger partial charge in [-0.1, -0.05) is 18.2 Å². The summed E-state index contributed by atoms with van der Waals surface area (Å²) in [7, 11) is 3.17. The molecule has 2 aromatic carbocycles. The SMILES string of the molecule is COc1cc(NCC(=O)Nc2ccccc2C)cc(OC)c1. The number of para-hydroxylation sites is 1. The van der Waals surface area contributed by atoms with E-state index < -0.39 is 0 Å². The van der Waals surface area contributed by atoms with Gasteiger partial charge in [0.05, 0.1) is 20.8 Å². The van der Waals surface area contributed by atoms with E-state index in [2.05, 4.69) is 10.6 Å². The average molecular weight is 300 g/mol. The summed E-state index contributed by atoms with van der Waals surface area (Å²) in [4.78, 5) is 12.0. The van der Waals surface area contributed by atoms with Crippen molar-refractivity contribution in [2.75, 3.05) is 31.4 Å². The van der Waals surface area contributed by atoms with Crippen LogP contribution in [0.3, 0.4) is 0 Å². The number of anilines is 2. The molecule has 0 heterocycles. The van der Waals surface area contributed by atoms with Crippen LogP contribution in [-0.2, 0) is 4.79 Å². The number of carbonyl (C=O) groups excluding carboxylic acids is 1. The van der Waals surface area contributed by atoms with Gasteiger partial charge in [0.15, 0.2) is 0 Å². The summed E-state index contributed by atoms with van der Waals surface area (Å²) in [6.07, 6.45) is 0. The number of carbonyl (C=O) groups is 1. The van der Waals surface area contributed by atoms with E-state index in [1.54, 1.807) is 20.3 Å². The summed E-state index contributed by atoms with van der Waals surface area (Å²) in [5, 5.41) is 5.94. The minimum Gasteiger partial charge on any atom is -0.497 e. The van der Waals surface area contributed by atoms with Crippen LogP contribution >= 0.6 is 0 Å². The van der Waals surface area contributed by atoms with Crippen molar-refractivity contribution in [2.45, 2.75) is 6.92 Å². The molecule has 0 aliphatic rings. The van der Waals surface area contributed by atoms with E-state index >= 15 is 0 Å². The highest BCUT2D eigenvalue weighted by atomic mass is 16.5. The number of hydrogen-bond acceptors (Lipinski definition) is 4. The smallest absolute Gasteiger partial charge is 0.243 e. The third-order valence-electron chi connectivity index (χ3n) is 3.22. The highest BCUT2D eigenvalue weighted by molar-refractivity contribution is 5.94. The molecule has 2 aromatic rings. The van der Waals surface area contributed by atoms with Gasteiger partial charge >= 0.3 is 0 Å². The minimum atomic E-state index is -0.115. The first-order valence-electron chi connectivity index (χ1n) is 6.95. The van der Waals surface area contributed by atoms with Crippen LogP contribution in [0.1, 0.15) is 5.56 Å². The maximum absolute atomic E-state index is 12.0. The summed E-state index contributed by atoms with van der Waals surface area (Å²) < 4.78 is 10.4. The van der Waals surface area contributed by atoms with Crippen LogP contribution in [0.15, 0.2) is 42.5 Å². The lowest BCUT2D eigenvalue weighted by molar-refractivity contribution is -0.114. The van der Waals surface area contributed by atoms with Crippen LogP contribution < -0.4 is 20.1 Å². The van der Waals surface area contributed by atoms with Gasteiger partial charge in [0.25, 0.3) is 0 Å². The predicted octanol–water partition coefficient (Wildman–Crippen LogP) is 3.06. The Morgan fingerprint density at radius 1 is 1.05 bits per heavy atom. The quantitative estimate of drug-likeness (QED) is 0.861. The van der Waals surface area contributed by atoms with Crippen LogP contribution in [0.4, 0.5) is 11.4 Å². The van der Waals surface area contributed by atoms with Gasteiger partial charge in [-0.15, -0.1) is 0 Å². The van der Waals surface area contributed by atoms with E-state index in [0.717, 1.165) is 16.9 Å². The summed E-state index contributed by atoms with van der Waals surface area (Å²) in [6, 6.07) is 13.1. The fourth-order valence-corrected chi connectivity index (χ4v) is 2.00. The molecule has 0 unspecified atom stereocenters. The normalized spacial score (nSPS) is 9.95. The summed E-state index contributed by atoms with van der Waals surface area (Å²) >= 11 is 0. The monoisotopic (exact) mass is 300 g/mol. The molecule has 22 heavy (non-hydrogen) atoms. The lowest BCUT2D eigenvalue weighted by atomic mass is 10.2. The summed E-state index contributed by atoms with van der Waals surface area (Å²) in [5.74, 6) is 1.22. The molecule has 1 amide bonds. The van der Waals surface area contributed by atoms with Gasteiger partial charge in [0.1, 0.15) is 11.5 Å². The minimum absolute atomic E-state index is 0.115. The third-order valence-corrected chi connectivity index (χ3v) is 3.22. The molecule has 0 aliphatic carbocycles. The zero-order chi connectivity index (χ0) is 15.9. The Balaban J connectivity index is 1.98. The molecule has 0 spiro atoms. The first-order chi connectivity index (χ1) is 10.6. The second kappa shape index (κ2) is 7.36. The molecule has 0 aliphatic heterocycles. The summed E-state index contributed by atoms with van der Waals surface area (Å²) in [6.45, 7) is 2.11. The zero-order valence-corrected chi connectivity index (χ0v) is 13.0. The number of hydrogen-bond donors (Lipinski definition) is 2. The van der Waals surface area contributed by atoms with Crippen molar-refractivity contribution in [3.05, 3.63) is 48.0 Å². The van der Waals surface area contributed by atoms with Crippen molar-refractivity contribution >= 4 is 17.3 Å². The fourth-order valence-electron chi connectivity index (χ4n) is 2.00. The molecule has 0 fully saturated rings. The highest BCUT2D eigenvalue weighted by Crippen LogP contribution is 2.25. The highest BCUT2D eigenvalue weighted by Gasteiger charge is 2.06. The summed E-state index contributed by atoms with van der Waals surface area (Å²) in [5.41, 5.74) is 2.60. The molecule has 116 valence electrons. The van der Waals surface area contributed by atoms with Gasteiger partial charge in [-0.05, 0) is 18.6 Å². The fraction of sp³-hybridized carbons (Fsp3) is 0.235. The Hall–Kier alpha value is -2.69. The molecule has 2 rings (SSSR count).